The van der Waals surface area contributed by atoms with Gasteiger partial charge in [-0.3, -0.25) is 0 Å². The van der Waals surface area contributed by atoms with E-state index in [1.165, 1.54) is 0 Å². The molecule has 1 heterocycles. The Morgan fingerprint density at radius 2 is 1.76 bits per heavy atom. The minimum absolute atomic E-state index is 0.132. The maximum Gasteiger partial charge on any atom is 0.433 e. The fourth-order valence-corrected chi connectivity index (χ4v) is 1.84. The summed E-state index contributed by atoms with van der Waals surface area (Å²) in [6.07, 6.45) is -2.21. The topological polar surface area (TPSA) is 61.0 Å². The first-order valence-electron chi connectivity index (χ1n) is 6.41. The lowest BCUT2D eigenvalue weighted by Gasteiger charge is -2.09. The Labute approximate surface area is 118 Å². The van der Waals surface area contributed by atoms with Crippen LogP contribution in [-0.4, -0.2) is 16.1 Å². The average molecular weight is 295 g/mol. The zero-order valence-corrected chi connectivity index (χ0v) is 10.9. The van der Waals surface area contributed by atoms with Crippen molar-refractivity contribution >= 4 is 5.95 Å². The van der Waals surface area contributed by atoms with Crippen molar-refractivity contribution in [1.29, 1.82) is 0 Å². The number of hydrogen-bond acceptors (Lipinski definition) is 4. The predicted octanol–water partition coefficient (Wildman–Crippen LogP) is 3.29. The Morgan fingerprint density at radius 3 is 2.33 bits per heavy atom. The molecule has 1 aliphatic carbocycles. The van der Waals surface area contributed by atoms with Gasteiger partial charge in [0.25, 0.3) is 0 Å². The molecule has 0 amide bonds. The Balaban J connectivity index is 1.90. The van der Waals surface area contributed by atoms with Crippen LogP contribution in [0, 0.1) is 0 Å². The minimum atomic E-state index is -4.55. The number of nitrogens with two attached hydrogens (primary N) is 1. The summed E-state index contributed by atoms with van der Waals surface area (Å²) in [6.45, 7) is 0. The molecule has 3 rings (SSSR count). The molecule has 1 aliphatic rings. The van der Waals surface area contributed by atoms with Gasteiger partial charge in [-0.1, -0.05) is 0 Å². The zero-order chi connectivity index (χ0) is 15.0. The number of aromatic nitrogens is 2. The summed E-state index contributed by atoms with van der Waals surface area (Å²) in [5.41, 5.74) is 4.96. The first-order valence-corrected chi connectivity index (χ1v) is 6.41. The number of nitrogen functional groups attached to an aromatic ring is 1. The molecular weight excluding hydrogens is 283 g/mol. The van der Waals surface area contributed by atoms with Gasteiger partial charge in [-0.2, -0.15) is 13.2 Å². The summed E-state index contributed by atoms with van der Waals surface area (Å²) in [4.78, 5) is 7.06. The molecule has 0 aliphatic heterocycles. The molecule has 1 aromatic heterocycles. The van der Waals surface area contributed by atoms with E-state index in [9.17, 15) is 13.2 Å². The Hall–Kier alpha value is -2.31. The van der Waals surface area contributed by atoms with Gasteiger partial charge in [0.2, 0.25) is 5.95 Å². The molecule has 0 unspecified atom stereocenters. The molecule has 4 nitrogen and oxygen atoms in total. The number of nitrogens with zero attached hydrogens (tertiary/aromatic N) is 2. The van der Waals surface area contributed by atoms with E-state index in [0.717, 1.165) is 18.9 Å². The van der Waals surface area contributed by atoms with Crippen LogP contribution >= 0.6 is 0 Å². The molecule has 110 valence electrons. The maximum absolute atomic E-state index is 12.7. The van der Waals surface area contributed by atoms with E-state index in [2.05, 4.69) is 9.97 Å². The van der Waals surface area contributed by atoms with Gasteiger partial charge in [0.15, 0.2) is 5.69 Å². The van der Waals surface area contributed by atoms with Crippen molar-refractivity contribution in [3.63, 3.8) is 0 Å². The van der Waals surface area contributed by atoms with E-state index in [0.29, 0.717) is 11.3 Å². The van der Waals surface area contributed by atoms with Crippen molar-refractivity contribution in [3.8, 4) is 17.0 Å². The standard InChI is InChI=1S/C14H12F3N3O/c15-14(16,17)12-7-11(19-13(18)20-12)8-1-3-9(4-2-8)21-10-5-6-10/h1-4,7,10H,5-6H2,(H2,18,19,20). The maximum atomic E-state index is 12.7. The van der Waals surface area contributed by atoms with E-state index in [1.54, 1.807) is 24.3 Å². The van der Waals surface area contributed by atoms with Crippen LogP contribution in [0.3, 0.4) is 0 Å². The number of rotatable bonds is 3. The Kier molecular flexibility index (Phi) is 3.19. The van der Waals surface area contributed by atoms with Crippen LogP contribution in [-0.2, 0) is 6.18 Å². The highest BCUT2D eigenvalue weighted by Crippen LogP contribution is 2.32. The van der Waals surface area contributed by atoms with Gasteiger partial charge in [-0.25, -0.2) is 9.97 Å². The Bertz CT molecular complexity index is 652. The van der Waals surface area contributed by atoms with E-state index >= 15 is 0 Å². The first kappa shape index (κ1) is 13.7. The molecular formula is C14H12F3N3O. The van der Waals surface area contributed by atoms with Crippen LogP contribution in [0.4, 0.5) is 19.1 Å². The van der Waals surface area contributed by atoms with Crippen molar-refractivity contribution in [2.45, 2.75) is 25.1 Å². The molecule has 1 saturated carbocycles. The van der Waals surface area contributed by atoms with Crippen molar-refractivity contribution < 1.29 is 17.9 Å². The SMILES string of the molecule is Nc1nc(-c2ccc(OC3CC3)cc2)cc(C(F)(F)F)n1. The van der Waals surface area contributed by atoms with Gasteiger partial charge < -0.3 is 10.5 Å². The average Bonchev–Trinajstić information content (AvgIpc) is 3.22. The second-order valence-electron chi connectivity index (χ2n) is 4.84. The molecule has 1 fully saturated rings. The molecule has 0 bridgehead atoms. The molecule has 0 saturated heterocycles. The van der Waals surface area contributed by atoms with Crippen LogP contribution in [0.5, 0.6) is 5.75 Å². The minimum Gasteiger partial charge on any atom is -0.490 e. The van der Waals surface area contributed by atoms with Crippen LogP contribution in [0.15, 0.2) is 30.3 Å². The number of halogens is 3. The lowest BCUT2D eigenvalue weighted by atomic mass is 10.1. The lowest BCUT2D eigenvalue weighted by Crippen LogP contribution is -2.11. The van der Waals surface area contributed by atoms with Gasteiger partial charge in [0.05, 0.1) is 11.8 Å². The first-order chi connectivity index (χ1) is 9.91. The summed E-state index contributed by atoms with van der Waals surface area (Å²) in [5.74, 6) is 0.289. The van der Waals surface area contributed by atoms with Crippen LogP contribution in [0.2, 0.25) is 0 Å². The van der Waals surface area contributed by atoms with E-state index in [1.807, 2.05) is 0 Å². The molecule has 0 atom stereocenters. The number of ether oxygens (including phenoxy) is 1. The second-order valence-corrected chi connectivity index (χ2v) is 4.84. The molecule has 0 spiro atoms. The molecule has 21 heavy (non-hydrogen) atoms. The quantitative estimate of drug-likeness (QED) is 0.944. The monoisotopic (exact) mass is 295 g/mol. The van der Waals surface area contributed by atoms with Crippen LogP contribution in [0.1, 0.15) is 18.5 Å². The molecule has 2 N–H and O–H groups in total. The molecule has 7 heteroatoms. The summed E-state index contributed by atoms with van der Waals surface area (Å²) >= 11 is 0. The van der Waals surface area contributed by atoms with Crippen LogP contribution in [0.25, 0.3) is 11.3 Å². The van der Waals surface area contributed by atoms with E-state index in [-0.39, 0.29) is 11.8 Å². The van der Waals surface area contributed by atoms with Gasteiger partial charge in [0.1, 0.15) is 5.75 Å². The third kappa shape index (κ3) is 3.24. The number of hydrogen-bond donors (Lipinski definition) is 1. The van der Waals surface area contributed by atoms with Gasteiger partial charge in [-0.15, -0.1) is 0 Å². The highest BCUT2D eigenvalue weighted by atomic mass is 19.4. The molecule has 1 aromatic carbocycles. The summed E-state index contributed by atoms with van der Waals surface area (Å²) in [7, 11) is 0. The zero-order valence-electron chi connectivity index (χ0n) is 10.9. The van der Waals surface area contributed by atoms with Crippen molar-refractivity contribution in [2.24, 2.45) is 0 Å². The third-order valence-electron chi connectivity index (χ3n) is 3.01. The van der Waals surface area contributed by atoms with Gasteiger partial charge >= 0.3 is 6.18 Å². The van der Waals surface area contributed by atoms with Crippen molar-refractivity contribution in [3.05, 3.63) is 36.0 Å². The van der Waals surface area contributed by atoms with E-state index < -0.39 is 17.8 Å². The predicted molar refractivity (Wildman–Crippen MR) is 70.5 cm³/mol. The summed E-state index contributed by atoms with van der Waals surface area (Å²) in [5, 5.41) is 0. The second kappa shape index (κ2) is 4.91. The number of benzene rings is 1. The van der Waals surface area contributed by atoms with Crippen LogP contribution < -0.4 is 10.5 Å². The third-order valence-corrected chi connectivity index (χ3v) is 3.01. The van der Waals surface area contributed by atoms with Gasteiger partial charge in [-0.05, 0) is 43.2 Å². The molecule has 2 aromatic rings. The largest absolute Gasteiger partial charge is 0.490 e. The van der Waals surface area contributed by atoms with Crippen molar-refractivity contribution in [1.82, 2.24) is 9.97 Å². The highest BCUT2D eigenvalue weighted by Gasteiger charge is 2.33. The fourth-order valence-electron chi connectivity index (χ4n) is 1.84. The lowest BCUT2D eigenvalue weighted by molar-refractivity contribution is -0.141. The highest BCUT2D eigenvalue weighted by molar-refractivity contribution is 5.61. The fraction of sp³-hybridized carbons (Fsp3) is 0.286. The molecule has 0 radical (unpaired) electrons. The normalized spacial score (nSPS) is 15.0. The van der Waals surface area contributed by atoms with Gasteiger partial charge in [0, 0.05) is 5.56 Å². The Morgan fingerprint density at radius 1 is 1.10 bits per heavy atom. The number of anilines is 1. The summed E-state index contributed by atoms with van der Waals surface area (Å²) in [6, 6.07) is 7.60. The smallest absolute Gasteiger partial charge is 0.433 e. The van der Waals surface area contributed by atoms with E-state index in [4.69, 9.17) is 10.5 Å². The van der Waals surface area contributed by atoms with Crippen molar-refractivity contribution in [2.75, 3.05) is 5.73 Å². The summed E-state index contributed by atoms with van der Waals surface area (Å²) < 4.78 is 43.7. The number of alkyl halides is 3.